The van der Waals surface area contributed by atoms with Crippen molar-refractivity contribution >= 4 is 0 Å². The van der Waals surface area contributed by atoms with Crippen LogP contribution in [0, 0.1) is 6.92 Å². The van der Waals surface area contributed by atoms with E-state index in [0.29, 0.717) is 5.56 Å². The number of aromatic amines is 1. The van der Waals surface area contributed by atoms with E-state index >= 15 is 0 Å². The molecule has 1 aromatic carbocycles. The standard InChI is InChI=1S/C11H10N2O/c1-8-2-4-9(5-3-8)10-6-7-12-13-11(10)14/h2-7H,1H3,(H,13,14). The largest absolute Gasteiger partial charge is 0.272 e. The summed E-state index contributed by atoms with van der Waals surface area (Å²) in [6.07, 6.45) is 1.58. The van der Waals surface area contributed by atoms with Crippen molar-refractivity contribution in [1.82, 2.24) is 10.2 Å². The van der Waals surface area contributed by atoms with Crippen molar-refractivity contribution in [3.8, 4) is 11.1 Å². The molecule has 14 heavy (non-hydrogen) atoms. The number of aryl methyl sites for hydroxylation is 1. The van der Waals surface area contributed by atoms with Gasteiger partial charge in [-0.2, -0.15) is 5.10 Å². The minimum atomic E-state index is -0.156. The van der Waals surface area contributed by atoms with E-state index in [9.17, 15) is 4.79 Å². The third-order valence-corrected chi connectivity index (χ3v) is 2.09. The molecule has 3 nitrogen and oxygen atoms in total. The minimum Gasteiger partial charge on any atom is -0.267 e. The third kappa shape index (κ3) is 1.57. The molecule has 0 bridgehead atoms. The third-order valence-electron chi connectivity index (χ3n) is 2.09. The Labute approximate surface area is 81.4 Å². The predicted octanol–water partition coefficient (Wildman–Crippen LogP) is 1.75. The zero-order valence-corrected chi connectivity index (χ0v) is 7.82. The van der Waals surface area contributed by atoms with E-state index in [4.69, 9.17) is 0 Å². The highest BCUT2D eigenvalue weighted by atomic mass is 16.1. The molecular formula is C11H10N2O. The lowest BCUT2D eigenvalue weighted by molar-refractivity contribution is 0.991. The second kappa shape index (κ2) is 3.46. The van der Waals surface area contributed by atoms with E-state index < -0.39 is 0 Å². The summed E-state index contributed by atoms with van der Waals surface area (Å²) in [5.74, 6) is 0. The molecule has 0 aliphatic rings. The van der Waals surface area contributed by atoms with Crippen LogP contribution in [0.25, 0.3) is 11.1 Å². The summed E-state index contributed by atoms with van der Waals surface area (Å²) >= 11 is 0. The van der Waals surface area contributed by atoms with Gasteiger partial charge in [0, 0.05) is 11.8 Å². The highest BCUT2D eigenvalue weighted by molar-refractivity contribution is 5.61. The smallest absolute Gasteiger partial charge is 0.267 e. The molecule has 0 aliphatic carbocycles. The van der Waals surface area contributed by atoms with Crippen LogP contribution in [0.1, 0.15) is 5.56 Å². The lowest BCUT2D eigenvalue weighted by Gasteiger charge is -1.99. The lowest BCUT2D eigenvalue weighted by atomic mass is 10.1. The molecule has 0 atom stereocenters. The van der Waals surface area contributed by atoms with Crippen molar-refractivity contribution < 1.29 is 0 Å². The molecule has 0 saturated heterocycles. The normalized spacial score (nSPS) is 10.1. The number of hydrogen-bond acceptors (Lipinski definition) is 2. The zero-order chi connectivity index (χ0) is 9.97. The van der Waals surface area contributed by atoms with Crippen LogP contribution < -0.4 is 5.56 Å². The van der Waals surface area contributed by atoms with Gasteiger partial charge in [-0.15, -0.1) is 0 Å². The number of nitrogens with one attached hydrogen (secondary N) is 1. The van der Waals surface area contributed by atoms with Gasteiger partial charge in [-0.1, -0.05) is 29.8 Å². The monoisotopic (exact) mass is 186 g/mol. The highest BCUT2D eigenvalue weighted by Gasteiger charge is 2.00. The van der Waals surface area contributed by atoms with E-state index in [1.807, 2.05) is 31.2 Å². The summed E-state index contributed by atoms with van der Waals surface area (Å²) in [5, 5.41) is 6.06. The molecule has 2 aromatic rings. The van der Waals surface area contributed by atoms with Crippen molar-refractivity contribution in [2.45, 2.75) is 6.92 Å². The van der Waals surface area contributed by atoms with Crippen LogP contribution in [0.2, 0.25) is 0 Å². The van der Waals surface area contributed by atoms with Gasteiger partial charge in [0.15, 0.2) is 0 Å². The van der Waals surface area contributed by atoms with E-state index in [-0.39, 0.29) is 5.56 Å². The summed E-state index contributed by atoms with van der Waals surface area (Å²) < 4.78 is 0. The first-order valence-electron chi connectivity index (χ1n) is 4.38. The Kier molecular flexibility index (Phi) is 2.14. The predicted molar refractivity (Wildman–Crippen MR) is 55.0 cm³/mol. The van der Waals surface area contributed by atoms with Gasteiger partial charge in [0.25, 0.3) is 5.56 Å². The summed E-state index contributed by atoms with van der Waals surface area (Å²) in [7, 11) is 0. The Morgan fingerprint density at radius 3 is 2.50 bits per heavy atom. The van der Waals surface area contributed by atoms with Crippen LogP contribution in [-0.2, 0) is 0 Å². The Bertz CT molecular complexity index is 485. The van der Waals surface area contributed by atoms with E-state index in [0.717, 1.165) is 5.56 Å². The molecule has 0 amide bonds. The summed E-state index contributed by atoms with van der Waals surface area (Å²) in [6, 6.07) is 9.54. The first-order valence-corrected chi connectivity index (χ1v) is 4.38. The topological polar surface area (TPSA) is 45.8 Å². The van der Waals surface area contributed by atoms with Crippen molar-refractivity contribution in [3.63, 3.8) is 0 Å². The van der Waals surface area contributed by atoms with E-state index in [1.54, 1.807) is 12.3 Å². The first kappa shape index (κ1) is 8.69. The second-order valence-electron chi connectivity index (χ2n) is 3.17. The number of H-pyrrole nitrogens is 1. The van der Waals surface area contributed by atoms with E-state index in [1.165, 1.54) is 5.56 Å². The fourth-order valence-electron chi connectivity index (χ4n) is 1.30. The van der Waals surface area contributed by atoms with Crippen molar-refractivity contribution in [2.75, 3.05) is 0 Å². The van der Waals surface area contributed by atoms with Gasteiger partial charge >= 0.3 is 0 Å². The maximum atomic E-state index is 11.4. The van der Waals surface area contributed by atoms with Crippen LogP contribution in [0.5, 0.6) is 0 Å². The Hall–Kier alpha value is -1.90. The van der Waals surface area contributed by atoms with Gasteiger partial charge in [0.1, 0.15) is 0 Å². The van der Waals surface area contributed by atoms with Crippen LogP contribution in [0.4, 0.5) is 0 Å². The summed E-state index contributed by atoms with van der Waals surface area (Å²) in [5.41, 5.74) is 2.59. The number of benzene rings is 1. The quantitative estimate of drug-likeness (QED) is 0.737. The molecule has 1 N–H and O–H groups in total. The molecule has 0 radical (unpaired) electrons. The molecule has 2 rings (SSSR count). The minimum absolute atomic E-state index is 0.156. The first-order chi connectivity index (χ1) is 6.77. The zero-order valence-electron chi connectivity index (χ0n) is 7.82. The number of nitrogens with zero attached hydrogens (tertiary/aromatic N) is 1. The number of rotatable bonds is 1. The molecule has 1 aromatic heterocycles. The molecule has 0 aliphatic heterocycles. The van der Waals surface area contributed by atoms with Gasteiger partial charge in [-0.05, 0) is 18.6 Å². The molecule has 0 saturated carbocycles. The van der Waals surface area contributed by atoms with Gasteiger partial charge in [-0.3, -0.25) is 4.79 Å². The molecule has 0 unspecified atom stereocenters. The van der Waals surface area contributed by atoms with Crippen molar-refractivity contribution in [2.24, 2.45) is 0 Å². The molecule has 0 spiro atoms. The lowest BCUT2D eigenvalue weighted by Crippen LogP contribution is -2.09. The van der Waals surface area contributed by atoms with E-state index in [2.05, 4.69) is 10.2 Å². The van der Waals surface area contributed by atoms with Crippen molar-refractivity contribution in [3.05, 3.63) is 52.4 Å². The van der Waals surface area contributed by atoms with Gasteiger partial charge < -0.3 is 0 Å². The fraction of sp³-hybridized carbons (Fsp3) is 0.0909. The molecule has 1 heterocycles. The Balaban J connectivity index is 2.56. The van der Waals surface area contributed by atoms with Crippen molar-refractivity contribution in [1.29, 1.82) is 0 Å². The molecule has 70 valence electrons. The molecular weight excluding hydrogens is 176 g/mol. The van der Waals surface area contributed by atoms with Gasteiger partial charge in [0.2, 0.25) is 0 Å². The summed E-state index contributed by atoms with van der Waals surface area (Å²) in [6.45, 7) is 2.01. The van der Waals surface area contributed by atoms with Crippen LogP contribution in [0.15, 0.2) is 41.3 Å². The maximum Gasteiger partial charge on any atom is 0.272 e. The molecule has 3 heteroatoms. The number of aromatic nitrogens is 2. The van der Waals surface area contributed by atoms with Crippen LogP contribution in [-0.4, -0.2) is 10.2 Å². The average molecular weight is 186 g/mol. The SMILES string of the molecule is Cc1ccc(-c2ccn[nH]c2=O)cc1. The van der Waals surface area contributed by atoms with Crippen LogP contribution >= 0.6 is 0 Å². The highest BCUT2D eigenvalue weighted by Crippen LogP contribution is 2.14. The Morgan fingerprint density at radius 2 is 1.86 bits per heavy atom. The summed E-state index contributed by atoms with van der Waals surface area (Å²) in [4.78, 5) is 11.4. The van der Waals surface area contributed by atoms with Crippen LogP contribution in [0.3, 0.4) is 0 Å². The number of hydrogen-bond donors (Lipinski definition) is 1. The fourth-order valence-corrected chi connectivity index (χ4v) is 1.30. The average Bonchev–Trinajstić information content (AvgIpc) is 2.20. The second-order valence-corrected chi connectivity index (χ2v) is 3.17. The van der Waals surface area contributed by atoms with Gasteiger partial charge in [0.05, 0.1) is 0 Å². The molecule has 0 fully saturated rings. The Morgan fingerprint density at radius 1 is 1.14 bits per heavy atom. The maximum absolute atomic E-state index is 11.4. The van der Waals surface area contributed by atoms with Gasteiger partial charge in [-0.25, -0.2) is 5.10 Å².